The Morgan fingerprint density at radius 1 is 1.08 bits per heavy atom. The van der Waals surface area contributed by atoms with Gasteiger partial charge in [-0.3, -0.25) is 14.7 Å². The number of nitrogens with zero attached hydrogens (tertiary/aromatic N) is 3. The zero-order valence-electron chi connectivity index (χ0n) is 14.0. The van der Waals surface area contributed by atoms with E-state index in [0.29, 0.717) is 0 Å². The molecular weight excluding hydrogens is 318 g/mol. The first-order valence-electron chi connectivity index (χ1n) is 8.24. The topological polar surface area (TPSA) is 36.4 Å². The fourth-order valence-corrected chi connectivity index (χ4v) is 3.48. The number of carbonyl (C=O) groups is 1. The highest BCUT2D eigenvalue weighted by atomic mass is 32.2. The molecule has 1 saturated heterocycles. The molecular formula is C19H23N3OS. The first-order valence-corrected chi connectivity index (χ1v) is 9.64. The van der Waals surface area contributed by atoms with E-state index in [9.17, 15) is 4.79 Å². The molecule has 1 aliphatic heterocycles. The maximum absolute atomic E-state index is 12.6. The van der Waals surface area contributed by atoms with E-state index in [4.69, 9.17) is 0 Å². The number of aromatic nitrogens is 1. The monoisotopic (exact) mass is 341 g/mol. The molecule has 0 bridgehead atoms. The van der Waals surface area contributed by atoms with Crippen molar-refractivity contribution in [3.63, 3.8) is 0 Å². The molecule has 0 aliphatic carbocycles. The Hall–Kier alpha value is -1.85. The first kappa shape index (κ1) is 17.0. The summed E-state index contributed by atoms with van der Waals surface area (Å²) in [6, 6.07) is 12.1. The first-order chi connectivity index (χ1) is 11.8. The molecule has 0 atom stereocenters. The van der Waals surface area contributed by atoms with Crippen molar-refractivity contribution in [3.05, 3.63) is 65.5 Å². The molecule has 126 valence electrons. The second kappa shape index (κ2) is 8.31. The average Bonchev–Trinajstić information content (AvgIpc) is 2.64. The van der Waals surface area contributed by atoms with E-state index in [1.54, 1.807) is 18.0 Å². The molecule has 1 aromatic heterocycles. The van der Waals surface area contributed by atoms with Crippen molar-refractivity contribution >= 4 is 17.7 Å². The van der Waals surface area contributed by atoms with Gasteiger partial charge >= 0.3 is 0 Å². The standard InChI is InChI=1S/C19H23N3OS/c1-24-15-16-4-6-18(7-5-16)19(23)22-11-9-21(10-12-22)14-17-3-2-8-20-13-17/h2-8,13H,9-12,14-15H2,1H3. The van der Waals surface area contributed by atoms with Crippen molar-refractivity contribution < 1.29 is 4.79 Å². The van der Waals surface area contributed by atoms with Gasteiger partial charge in [-0.1, -0.05) is 18.2 Å². The van der Waals surface area contributed by atoms with Crippen LogP contribution in [0.2, 0.25) is 0 Å². The van der Waals surface area contributed by atoms with E-state index in [-0.39, 0.29) is 5.91 Å². The number of hydrogen-bond acceptors (Lipinski definition) is 4. The van der Waals surface area contributed by atoms with Crippen molar-refractivity contribution in [1.82, 2.24) is 14.8 Å². The average molecular weight is 341 g/mol. The number of hydrogen-bond donors (Lipinski definition) is 0. The van der Waals surface area contributed by atoms with E-state index in [1.807, 2.05) is 29.3 Å². The minimum Gasteiger partial charge on any atom is -0.336 e. The smallest absolute Gasteiger partial charge is 0.253 e. The van der Waals surface area contributed by atoms with Gasteiger partial charge in [-0.05, 0) is 35.6 Å². The maximum Gasteiger partial charge on any atom is 0.253 e. The minimum atomic E-state index is 0.145. The van der Waals surface area contributed by atoms with Crippen LogP contribution in [-0.4, -0.2) is 53.1 Å². The van der Waals surface area contributed by atoms with Gasteiger partial charge in [0, 0.05) is 56.4 Å². The Labute approximate surface area is 147 Å². The van der Waals surface area contributed by atoms with Crippen molar-refractivity contribution in [2.45, 2.75) is 12.3 Å². The fraction of sp³-hybridized carbons (Fsp3) is 0.368. The summed E-state index contributed by atoms with van der Waals surface area (Å²) in [5.74, 6) is 1.13. The third-order valence-corrected chi connectivity index (χ3v) is 4.92. The second-order valence-electron chi connectivity index (χ2n) is 6.06. The third kappa shape index (κ3) is 4.36. The second-order valence-corrected chi connectivity index (χ2v) is 6.93. The van der Waals surface area contributed by atoms with Gasteiger partial charge in [0.15, 0.2) is 0 Å². The molecule has 1 aliphatic rings. The summed E-state index contributed by atoms with van der Waals surface area (Å²) in [6.07, 6.45) is 5.79. The normalized spacial score (nSPS) is 15.5. The van der Waals surface area contributed by atoms with Crippen LogP contribution in [0.3, 0.4) is 0 Å². The van der Waals surface area contributed by atoms with Crippen molar-refractivity contribution in [3.8, 4) is 0 Å². The Kier molecular flexibility index (Phi) is 5.88. The zero-order chi connectivity index (χ0) is 16.8. The Balaban J connectivity index is 1.53. The zero-order valence-corrected chi connectivity index (χ0v) is 14.8. The number of pyridine rings is 1. The van der Waals surface area contributed by atoms with Gasteiger partial charge in [0.1, 0.15) is 0 Å². The summed E-state index contributed by atoms with van der Waals surface area (Å²) < 4.78 is 0. The SMILES string of the molecule is CSCc1ccc(C(=O)N2CCN(Cc3cccnc3)CC2)cc1. The lowest BCUT2D eigenvalue weighted by Gasteiger charge is -2.34. The van der Waals surface area contributed by atoms with Gasteiger partial charge < -0.3 is 4.90 Å². The van der Waals surface area contributed by atoms with E-state index >= 15 is 0 Å². The summed E-state index contributed by atoms with van der Waals surface area (Å²) in [5, 5.41) is 0. The van der Waals surface area contributed by atoms with E-state index < -0.39 is 0 Å². The quantitative estimate of drug-likeness (QED) is 0.838. The molecule has 24 heavy (non-hydrogen) atoms. The fourth-order valence-electron chi connectivity index (χ4n) is 2.95. The predicted octanol–water partition coefficient (Wildman–Crippen LogP) is 2.90. The van der Waals surface area contributed by atoms with E-state index in [0.717, 1.165) is 44.0 Å². The lowest BCUT2D eigenvalue weighted by Crippen LogP contribution is -2.48. The molecule has 4 nitrogen and oxygen atoms in total. The highest BCUT2D eigenvalue weighted by Crippen LogP contribution is 2.14. The molecule has 1 fully saturated rings. The third-order valence-electron chi connectivity index (χ3n) is 4.30. The Bertz CT molecular complexity index is 652. The van der Waals surface area contributed by atoms with Crippen LogP contribution < -0.4 is 0 Å². The van der Waals surface area contributed by atoms with Gasteiger partial charge in [0.25, 0.3) is 5.91 Å². The highest BCUT2D eigenvalue weighted by Gasteiger charge is 2.22. The molecule has 3 rings (SSSR count). The van der Waals surface area contributed by atoms with E-state index in [1.165, 1.54) is 11.1 Å². The van der Waals surface area contributed by atoms with Crippen LogP contribution in [0.4, 0.5) is 0 Å². The number of rotatable bonds is 5. The molecule has 0 saturated carbocycles. The molecule has 2 aromatic rings. The summed E-state index contributed by atoms with van der Waals surface area (Å²) in [7, 11) is 0. The molecule has 0 spiro atoms. The molecule has 2 heterocycles. The number of benzene rings is 1. The molecule has 0 N–H and O–H groups in total. The van der Waals surface area contributed by atoms with Gasteiger partial charge in [-0.25, -0.2) is 0 Å². The van der Waals surface area contributed by atoms with Gasteiger partial charge in [0.2, 0.25) is 0 Å². The molecule has 1 amide bonds. The van der Waals surface area contributed by atoms with Crippen LogP contribution in [0.1, 0.15) is 21.5 Å². The number of thioether (sulfide) groups is 1. The minimum absolute atomic E-state index is 0.145. The molecule has 1 aromatic carbocycles. The van der Waals surface area contributed by atoms with Crippen molar-refractivity contribution in [1.29, 1.82) is 0 Å². The maximum atomic E-state index is 12.6. The lowest BCUT2D eigenvalue weighted by atomic mass is 10.1. The summed E-state index contributed by atoms with van der Waals surface area (Å²) in [5.41, 5.74) is 3.28. The number of amides is 1. The van der Waals surface area contributed by atoms with Crippen molar-refractivity contribution in [2.75, 3.05) is 32.4 Å². The van der Waals surface area contributed by atoms with E-state index in [2.05, 4.69) is 34.3 Å². The number of piperazine rings is 1. The van der Waals surface area contributed by atoms with Crippen LogP contribution >= 0.6 is 11.8 Å². The molecule has 5 heteroatoms. The van der Waals surface area contributed by atoms with Crippen molar-refractivity contribution in [2.24, 2.45) is 0 Å². The van der Waals surface area contributed by atoms with Gasteiger partial charge in [-0.2, -0.15) is 11.8 Å². The Morgan fingerprint density at radius 3 is 2.46 bits per heavy atom. The lowest BCUT2D eigenvalue weighted by molar-refractivity contribution is 0.0628. The predicted molar refractivity (Wildman–Crippen MR) is 99.1 cm³/mol. The molecule has 0 unspecified atom stereocenters. The highest BCUT2D eigenvalue weighted by molar-refractivity contribution is 7.97. The summed E-state index contributed by atoms with van der Waals surface area (Å²) in [6.45, 7) is 4.28. The van der Waals surface area contributed by atoms with Crippen LogP contribution in [0.15, 0.2) is 48.8 Å². The largest absolute Gasteiger partial charge is 0.336 e. The summed E-state index contributed by atoms with van der Waals surface area (Å²) >= 11 is 1.79. The molecule has 0 radical (unpaired) electrons. The van der Waals surface area contributed by atoms with Gasteiger partial charge in [-0.15, -0.1) is 0 Å². The summed E-state index contributed by atoms with van der Waals surface area (Å²) in [4.78, 5) is 21.1. The van der Waals surface area contributed by atoms with Gasteiger partial charge in [0.05, 0.1) is 0 Å². The van der Waals surface area contributed by atoms with Crippen LogP contribution in [-0.2, 0) is 12.3 Å². The Morgan fingerprint density at radius 2 is 1.83 bits per heavy atom. The number of carbonyl (C=O) groups excluding carboxylic acids is 1. The van der Waals surface area contributed by atoms with Crippen LogP contribution in [0.25, 0.3) is 0 Å². The van der Waals surface area contributed by atoms with Crippen LogP contribution in [0.5, 0.6) is 0 Å². The van der Waals surface area contributed by atoms with Crippen LogP contribution in [0, 0.1) is 0 Å².